The summed E-state index contributed by atoms with van der Waals surface area (Å²) < 4.78 is 5.22. The van der Waals surface area contributed by atoms with Gasteiger partial charge in [-0.1, -0.05) is 31.3 Å². The van der Waals surface area contributed by atoms with Crippen LogP contribution in [0.5, 0.6) is 0 Å². The van der Waals surface area contributed by atoms with Gasteiger partial charge in [0.2, 0.25) is 5.89 Å². The van der Waals surface area contributed by atoms with Crippen molar-refractivity contribution in [2.24, 2.45) is 5.73 Å². The van der Waals surface area contributed by atoms with Crippen LogP contribution in [0, 0.1) is 0 Å². The molecule has 0 aromatic carbocycles. The second-order valence-electron chi connectivity index (χ2n) is 5.05. The number of nitrogens with zero attached hydrogens (tertiary/aromatic N) is 2. The zero-order valence-corrected chi connectivity index (χ0v) is 11.9. The molecule has 1 fully saturated rings. The van der Waals surface area contributed by atoms with Crippen molar-refractivity contribution in [3.63, 3.8) is 0 Å². The van der Waals surface area contributed by atoms with E-state index in [0.29, 0.717) is 12.3 Å². The zero-order chi connectivity index (χ0) is 12.8. The lowest BCUT2D eigenvalue weighted by Gasteiger charge is -2.19. The van der Waals surface area contributed by atoms with Crippen molar-refractivity contribution in [3.8, 4) is 0 Å². The van der Waals surface area contributed by atoms with Crippen molar-refractivity contribution in [2.75, 3.05) is 0 Å². The maximum Gasteiger partial charge on any atom is 0.228 e. The van der Waals surface area contributed by atoms with Crippen molar-refractivity contribution >= 4 is 11.8 Å². The molecule has 102 valence electrons. The average molecular weight is 269 g/mol. The van der Waals surface area contributed by atoms with E-state index in [0.717, 1.165) is 23.2 Å². The SMILES string of the molecule is CCC(N)Cc1nc(CSC2CCCCC2)no1. The maximum atomic E-state index is 5.87. The van der Waals surface area contributed by atoms with Gasteiger partial charge in [-0.05, 0) is 19.3 Å². The van der Waals surface area contributed by atoms with Gasteiger partial charge in [0.1, 0.15) is 0 Å². The zero-order valence-electron chi connectivity index (χ0n) is 11.1. The van der Waals surface area contributed by atoms with Crippen LogP contribution >= 0.6 is 11.8 Å². The van der Waals surface area contributed by atoms with E-state index < -0.39 is 0 Å². The summed E-state index contributed by atoms with van der Waals surface area (Å²) in [6, 6.07) is 0.129. The minimum absolute atomic E-state index is 0.129. The van der Waals surface area contributed by atoms with Crippen LogP contribution in [0.2, 0.25) is 0 Å². The van der Waals surface area contributed by atoms with E-state index in [-0.39, 0.29) is 6.04 Å². The predicted molar refractivity (Wildman–Crippen MR) is 74.4 cm³/mol. The lowest BCUT2D eigenvalue weighted by atomic mass is 10.0. The molecule has 1 atom stereocenters. The molecule has 1 aliphatic carbocycles. The highest BCUT2D eigenvalue weighted by atomic mass is 32.2. The monoisotopic (exact) mass is 269 g/mol. The summed E-state index contributed by atoms with van der Waals surface area (Å²) in [6.45, 7) is 2.07. The van der Waals surface area contributed by atoms with Crippen LogP contribution in [0.4, 0.5) is 0 Å². The Morgan fingerprint density at radius 1 is 1.39 bits per heavy atom. The summed E-state index contributed by atoms with van der Waals surface area (Å²) in [5.41, 5.74) is 5.87. The Labute approximate surface area is 113 Å². The van der Waals surface area contributed by atoms with E-state index in [1.54, 1.807) is 0 Å². The second-order valence-corrected chi connectivity index (χ2v) is 6.34. The smallest absolute Gasteiger partial charge is 0.228 e. The second kappa shape index (κ2) is 7.14. The molecule has 1 heterocycles. The van der Waals surface area contributed by atoms with Gasteiger partial charge in [0.25, 0.3) is 0 Å². The average Bonchev–Trinajstić information content (AvgIpc) is 2.85. The molecule has 0 amide bonds. The number of nitrogens with two attached hydrogens (primary N) is 1. The Balaban J connectivity index is 1.75. The lowest BCUT2D eigenvalue weighted by Crippen LogP contribution is -2.21. The standard InChI is InChI=1S/C13H23N3OS/c1-2-10(14)8-13-15-12(16-17-13)9-18-11-6-4-3-5-7-11/h10-11H,2-9,14H2,1H3. The van der Waals surface area contributed by atoms with Crippen LogP contribution < -0.4 is 5.73 Å². The normalized spacial score (nSPS) is 19.0. The quantitative estimate of drug-likeness (QED) is 0.860. The van der Waals surface area contributed by atoms with Gasteiger partial charge in [-0.25, -0.2) is 0 Å². The number of hydrogen-bond acceptors (Lipinski definition) is 5. The molecule has 18 heavy (non-hydrogen) atoms. The van der Waals surface area contributed by atoms with Gasteiger partial charge in [0.05, 0.1) is 5.75 Å². The van der Waals surface area contributed by atoms with Crippen LogP contribution in [-0.4, -0.2) is 21.4 Å². The highest BCUT2D eigenvalue weighted by Gasteiger charge is 2.16. The third kappa shape index (κ3) is 4.28. The molecular weight excluding hydrogens is 246 g/mol. The highest BCUT2D eigenvalue weighted by Crippen LogP contribution is 2.29. The fourth-order valence-corrected chi connectivity index (χ4v) is 3.39. The largest absolute Gasteiger partial charge is 0.339 e. The van der Waals surface area contributed by atoms with Gasteiger partial charge in [-0.3, -0.25) is 0 Å². The first-order chi connectivity index (χ1) is 8.78. The van der Waals surface area contributed by atoms with Crippen molar-refractivity contribution in [3.05, 3.63) is 11.7 Å². The van der Waals surface area contributed by atoms with Crippen LogP contribution in [0.25, 0.3) is 0 Å². The van der Waals surface area contributed by atoms with Gasteiger partial charge in [0.15, 0.2) is 5.82 Å². The summed E-state index contributed by atoms with van der Waals surface area (Å²) >= 11 is 1.97. The van der Waals surface area contributed by atoms with E-state index >= 15 is 0 Å². The van der Waals surface area contributed by atoms with Gasteiger partial charge < -0.3 is 10.3 Å². The van der Waals surface area contributed by atoms with Gasteiger partial charge in [-0.2, -0.15) is 16.7 Å². The minimum Gasteiger partial charge on any atom is -0.339 e. The summed E-state index contributed by atoms with van der Waals surface area (Å²) in [6.07, 6.45) is 8.47. The number of hydrogen-bond donors (Lipinski definition) is 1. The first-order valence-electron chi connectivity index (χ1n) is 6.96. The van der Waals surface area contributed by atoms with E-state index in [1.165, 1.54) is 32.1 Å². The Kier molecular flexibility index (Phi) is 5.50. The Bertz CT molecular complexity index is 350. The number of aromatic nitrogens is 2. The molecule has 0 aliphatic heterocycles. The molecule has 5 heteroatoms. The molecule has 2 rings (SSSR count). The summed E-state index contributed by atoms with van der Waals surface area (Å²) in [5.74, 6) is 2.38. The van der Waals surface area contributed by atoms with Crippen molar-refractivity contribution in [1.29, 1.82) is 0 Å². The first kappa shape index (κ1) is 13.9. The van der Waals surface area contributed by atoms with E-state index in [9.17, 15) is 0 Å². The topological polar surface area (TPSA) is 64.9 Å². The Morgan fingerprint density at radius 2 is 2.17 bits per heavy atom. The van der Waals surface area contributed by atoms with Crippen LogP contribution in [0.15, 0.2) is 4.52 Å². The molecule has 1 unspecified atom stereocenters. The fraction of sp³-hybridized carbons (Fsp3) is 0.846. The van der Waals surface area contributed by atoms with Gasteiger partial charge >= 0.3 is 0 Å². The van der Waals surface area contributed by atoms with Crippen LogP contribution in [0.3, 0.4) is 0 Å². The van der Waals surface area contributed by atoms with Crippen molar-refractivity contribution in [1.82, 2.24) is 10.1 Å². The fourth-order valence-electron chi connectivity index (χ4n) is 2.22. The molecule has 0 spiro atoms. The van der Waals surface area contributed by atoms with Crippen LogP contribution in [-0.2, 0) is 12.2 Å². The van der Waals surface area contributed by atoms with Crippen LogP contribution in [0.1, 0.15) is 57.2 Å². The molecule has 4 nitrogen and oxygen atoms in total. The molecule has 1 aromatic rings. The number of rotatable bonds is 6. The summed E-state index contributed by atoms with van der Waals surface area (Å²) in [5, 5.41) is 4.82. The van der Waals surface area contributed by atoms with Crippen molar-refractivity contribution in [2.45, 2.75) is 68.9 Å². The maximum absolute atomic E-state index is 5.87. The van der Waals surface area contributed by atoms with E-state index in [2.05, 4.69) is 17.1 Å². The Hall–Kier alpha value is -0.550. The molecule has 1 aromatic heterocycles. The molecule has 1 aliphatic rings. The molecule has 0 saturated heterocycles. The first-order valence-corrected chi connectivity index (χ1v) is 8.01. The molecule has 0 radical (unpaired) electrons. The summed E-state index contributed by atoms with van der Waals surface area (Å²) in [4.78, 5) is 4.40. The Morgan fingerprint density at radius 3 is 2.89 bits per heavy atom. The minimum atomic E-state index is 0.129. The molecule has 1 saturated carbocycles. The van der Waals surface area contributed by atoms with E-state index in [1.807, 2.05) is 11.8 Å². The molecule has 2 N–H and O–H groups in total. The lowest BCUT2D eigenvalue weighted by molar-refractivity contribution is 0.364. The molecular formula is C13H23N3OS. The summed E-state index contributed by atoms with van der Waals surface area (Å²) in [7, 11) is 0. The third-order valence-corrected chi connectivity index (χ3v) is 4.84. The van der Waals surface area contributed by atoms with Crippen molar-refractivity contribution < 1.29 is 4.52 Å². The van der Waals surface area contributed by atoms with Gasteiger partial charge in [0, 0.05) is 17.7 Å². The van der Waals surface area contributed by atoms with Gasteiger partial charge in [-0.15, -0.1) is 0 Å². The third-order valence-electron chi connectivity index (χ3n) is 3.47. The molecule has 0 bridgehead atoms. The predicted octanol–water partition coefficient (Wildman–Crippen LogP) is 2.92. The van der Waals surface area contributed by atoms with E-state index in [4.69, 9.17) is 10.3 Å². The highest BCUT2D eigenvalue weighted by molar-refractivity contribution is 7.99. The number of thioether (sulfide) groups is 1.